The Morgan fingerprint density at radius 3 is 2.34 bits per heavy atom. The molecule has 2 aliphatic rings. The van der Waals surface area contributed by atoms with Crippen molar-refractivity contribution in [3.05, 3.63) is 63.7 Å². The highest BCUT2D eigenvalue weighted by atomic mass is 19.4. The fourth-order valence-corrected chi connectivity index (χ4v) is 6.58. The number of carboxylic acids is 1. The number of fused-ring (bicyclic) bond motifs is 1. The van der Waals surface area contributed by atoms with Crippen LogP contribution in [-0.2, 0) is 43.9 Å². The van der Waals surface area contributed by atoms with Crippen molar-refractivity contribution < 1.29 is 23.1 Å². The number of hydrogen-bond acceptors (Lipinski definition) is 7. The van der Waals surface area contributed by atoms with Crippen molar-refractivity contribution in [2.45, 2.75) is 77.6 Å². The van der Waals surface area contributed by atoms with Crippen LogP contribution in [0.1, 0.15) is 78.8 Å². The zero-order valence-corrected chi connectivity index (χ0v) is 25.1. The smallest absolute Gasteiger partial charge is 0.416 e. The Hall–Kier alpha value is -4.14. The van der Waals surface area contributed by atoms with E-state index >= 15 is 0 Å². The summed E-state index contributed by atoms with van der Waals surface area (Å²) < 4.78 is 41.1. The maximum atomic E-state index is 13.7. The van der Waals surface area contributed by atoms with Crippen LogP contribution in [0.5, 0.6) is 0 Å². The number of benzene rings is 2. The van der Waals surface area contributed by atoms with Crippen molar-refractivity contribution in [3.8, 4) is 6.07 Å². The topological polar surface area (TPSA) is 111 Å². The van der Waals surface area contributed by atoms with Crippen LogP contribution in [0.4, 0.5) is 24.8 Å². The number of rotatable bonds is 10. The van der Waals surface area contributed by atoms with E-state index in [9.17, 15) is 28.3 Å². The fraction of sp³-hybridized carbons (Fsp3) is 0.531. The minimum atomic E-state index is -4.59. The molecule has 9 nitrogen and oxygen atoms in total. The highest BCUT2D eigenvalue weighted by Crippen LogP contribution is 2.36. The Morgan fingerprint density at radius 1 is 1.05 bits per heavy atom. The Balaban J connectivity index is 1.49. The molecule has 1 N–H and O–H groups in total. The van der Waals surface area contributed by atoms with Crippen LogP contribution >= 0.6 is 0 Å². The van der Waals surface area contributed by atoms with Crippen LogP contribution in [0, 0.1) is 23.2 Å². The van der Waals surface area contributed by atoms with Crippen LogP contribution in [0.25, 0.3) is 0 Å². The molecule has 0 amide bonds. The molecule has 44 heavy (non-hydrogen) atoms. The summed E-state index contributed by atoms with van der Waals surface area (Å²) >= 11 is 0. The number of aryl methyl sites for hydroxylation is 3. The Labute approximate surface area is 255 Å². The molecule has 0 aliphatic heterocycles. The second kappa shape index (κ2) is 13.2. The van der Waals surface area contributed by atoms with Gasteiger partial charge in [-0.15, -0.1) is 5.10 Å². The molecular formula is C32H38F3N7O2. The first-order chi connectivity index (χ1) is 21.0. The van der Waals surface area contributed by atoms with Gasteiger partial charge >= 0.3 is 12.1 Å². The van der Waals surface area contributed by atoms with Gasteiger partial charge in [0, 0.05) is 31.9 Å². The third-order valence-corrected chi connectivity index (χ3v) is 8.90. The minimum absolute atomic E-state index is 0.0478. The van der Waals surface area contributed by atoms with Gasteiger partial charge in [-0.3, -0.25) is 4.79 Å². The predicted octanol–water partition coefficient (Wildman–Crippen LogP) is 5.90. The zero-order valence-electron chi connectivity index (χ0n) is 25.1. The quantitative estimate of drug-likeness (QED) is 0.302. The summed E-state index contributed by atoms with van der Waals surface area (Å²) in [6.07, 6.45) is 2.70. The van der Waals surface area contributed by atoms with E-state index in [1.165, 1.54) is 22.0 Å². The molecular weight excluding hydrogens is 571 g/mol. The van der Waals surface area contributed by atoms with E-state index in [0.717, 1.165) is 75.0 Å². The lowest BCUT2D eigenvalue weighted by Gasteiger charge is -2.35. The summed E-state index contributed by atoms with van der Waals surface area (Å²) in [4.78, 5) is 17.0. The van der Waals surface area contributed by atoms with Crippen LogP contribution < -0.4 is 9.80 Å². The van der Waals surface area contributed by atoms with Gasteiger partial charge in [0.2, 0.25) is 0 Å². The second-order valence-corrected chi connectivity index (χ2v) is 12.0. The summed E-state index contributed by atoms with van der Waals surface area (Å²) in [5.41, 5.74) is 4.09. The molecule has 0 unspecified atom stereocenters. The summed E-state index contributed by atoms with van der Waals surface area (Å²) in [5.74, 6) is -0.331. The molecule has 12 heteroatoms. The van der Waals surface area contributed by atoms with Crippen molar-refractivity contribution in [2.75, 3.05) is 22.9 Å². The van der Waals surface area contributed by atoms with Crippen molar-refractivity contribution in [2.24, 2.45) is 18.9 Å². The van der Waals surface area contributed by atoms with E-state index in [4.69, 9.17) is 0 Å². The molecule has 1 heterocycles. The summed E-state index contributed by atoms with van der Waals surface area (Å²) in [6.45, 7) is 4.05. The zero-order chi connectivity index (χ0) is 31.4. The third-order valence-electron chi connectivity index (χ3n) is 8.90. The fourth-order valence-electron chi connectivity index (χ4n) is 6.58. The molecule has 1 fully saturated rings. The Morgan fingerprint density at radius 2 is 1.75 bits per heavy atom. The molecule has 3 aromatic rings. The van der Waals surface area contributed by atoms with E-state index in [-0.39, 0.29) is 24.0 Å². The molecule has 0 bridgehead atoms. The lowest BCUT2D eigenvalue weighted by Crippen LogP contribution is -2.34. The number of tetrazole rings is 1. The minimum Gasteiger partial charge on any atom is -0.481 e. The first-order valence-electron chi connectivity index (χ1n) is 15.3. The number of halogens is 3. The maximum Gasteiger partial charge on any atom is 0.416 e. The van der Waals surface area contributed by atoms with Gasteiger partial charge in [-0.2, -0.15) is 23.2 Å². The molecule has 5 rings (SSSR count). The number of nitrogens with zero attached hydrogens (tertiary/aromatic N) is 7. The van der Waals surface area contributed by atoms with E-state index < -0.39 is 17.7 Å². The first-order valence-corrected chi connectivity index (χ1v) is 15.3. The molecule has 2 aliphatic carbocycles. The molecule has 1 saturated carbocycles. The molecule has 234 valence electrons. The van der Waals surface area contributed by atoms with Crippen molar-refractivity contribution in [1.82, 2.24) is 20.2 Å². The number of hydrogen-bond donors (Lipinski definition) is 1. The number of aliphatic carboxylic acids is 1. The van der Waals surface area contributed by atoms with E-state index in [1.807, 2.05) is 11.0 Å². The largest absolute Gasteiger partial charge is 0.481 e. The number of aromatic nitrogens is 4. The average Bonchev–Trinajstić information content (AvgIpc) is 3.45. The van der Waals surface area contributed by atoms with Gasteiger partial charge in [-0.1, -0.05) is 11.2 Å². The van der Waals surface area contributed by atoms with Gasteiger partial charge in [-0.25, -0.2) is 0 Å². The van der Waals surface area contributed by atoms with Crippen LogP contribution in [-0.4, -0.2) is 44.4 Å². The second-order valence-electron chi connectivity index (χ2n) is 12.0. The molecule has 0 spiro atoms. The van der Waals surface area contributed by atoms with E-state index in [0.29, 0.717) is 30.9 Å². The lowest BCUT2D eigenvalue weighted by molar-refractivity contribution is -0.143. The van der Waals surface area contributed by atoms with Crippen LogP contribution in [0.15, 0.2) is 30.3 Å². The van der Waals surface area contributed by atoms with Crippen molar-refractivity contribution in [3.63, 3.8) is 0 Å². The third kappa shape index (κ3) is 7.31. The van der Waals surface area contributed by atoms with Gasteiger partial charge in [0.05, 0.1) is 30.2 Å². The average molecular weight is 610 g/mol. The molecule has 0 radical (unpaired) electrons. The number of alkyl halides is 3. The summed E-state index contributed by atoms with van der Waals surface area (Å²) in [5, 5.41) is 31.5. The normalized spacial score (nSPS) is 18.4. The molecule has 0 atom stereocenters. The number of carboxylic acid groups (broad SMARTS) is 1. The van der Waals surface area contributed by atoms with Gasteiger partial charge in [0.25, 0.3) is 5.95 Å². The number of anilines is 2. The van der Waals surface area contributed by atoms with Gasteiger partial charge in [-0.05, 0) is 116 Å². The highest BCUT2D eigenvalue weighted by molar-refractivity contribution is 5.70. The monoisotopic (exact) mass is 609 g/mol. The SMILES string of the molecule is CCN(C[C@H]1CC[C@H](C(=O)O)CC1)c1cc2c(cc1CN(Cc1cc(C#N)cc(C(F)(F)F)c1)c1nnn(C)n1)CCCC2. The van der Waals surface area contributed by atoms with Crippen LogP contribution in [0.3, 0.4) is 0 Å². The molecule has 1 aromatic heterocycles. The molecule has 2 aromatic carbocycles. The number of carbonyl (C=O) groups is 1. The standard InChI is InChI=1S/C32H38F3N7O2/c1-3-41(18-21-8-10-24(11-9-21)30(43)44)29-16-26-7-5-4-6-25(26)15-27(29)20-42(31-37-39-40(2)38-31)19-23-12-22(17-36)13-28(14-23)32(33,34)35/h12-16,21,24H,3-11,18-20H2,1-2H3,(H,43,44)/t21-,24-. The van der Waals surface area contributed by atoms with Crippen molar-refractivity contribution >= 4 is 17.6 Å². The maximum absolute atomic E-state index is 13.7. The van der Waals surface area contributed by atoms with Gasteiger partial charge < -0.3 is 14.9 Å². The van der Waals surface area contributed by atoms with Crippen molar-refractivity contribution in [1.29, 1.82) is 5.26 Å². The Kier molecular flexibility index (Phi) is 9.42. The first kappa shape index (κ1) is 31.3. The Bertz CT molecular complexity index is 1520. The summed E-state index contributed by atoms with van der Waals surface area (Å²) in [7, 11) is 1.63. The lowest BCUT2D eigenvalue weighted by atomic mass is 9.81. The van der Waals surface area contributed by atoms with Gasteiger partial charge in [0.1, 0.15) is 0 Å². The predicted molar refractivity (Wildman–Crippen MR) is 159 cm³/mol. The number of nitriles is 1. The van der Waals surface area contributed by atoms with Crippen LogP contribution in [0.2, 0.25) is 0 Å². The van der Waals surface area contributed by atoms with Gasteiger partial charge in [0.15, 0.2) is 0 Å². The van der Waals surface area contributed by atoms with E-state index in [1.54, 1.807) is 7.05 Å². The summed E-state index contributed by atoms with van der Waals surface area (Å²) in [6, 6.07) is 9.76. The molecule has 0 saturated heterocycles. The highest BCUT2D eigenvalue weighted by Gasteiger charge is 2.32. The van der Waals surface area contributed by atoms with E-state index in [2.05, 4.69) is 39.4 Å².